The lowest BCUT2D eigenvalue weighted by Crippen LogP contribution is -2.26. The van der Waals surface area contributed by atoms with Crippen LogP contribution in [0.2, 0.25) is 0 Å². The average Bonchev–Trinajstić information content (AvgIpc) is 3.52. The molecule has 2 aromatic carbocycles. The topological polar surface area (TPSA) is 132 Å². The summed E-state index contributed by atoms with van der Waals surface area (Å²) in [6.45, 7) is 1.92. The first kappa shape index (κ1) is 19.1. The summed E-state index contributed by atoms with van der Waals surface area (Å²) in [5, 5.41) is 33.8. The first-order valence-corrected chi connectivity index (χ1v) is 10.2. The van der Waals surface area contributed by atoms with Crippen molar-refractivity contribution in [3.63, 3.8) is 0 Å². The first-order chi connectivity index (χ1) is 15.2. The van der Waals surface area contributed by atoms with Gasteiger partial charge in [-0.2, -0.15) is 25.7 Å². The molecule has 3 heterocycles. The Kier molecular flexibility index (Phi) is 5.01. The van der Waals surface area contributed by atoms with E-state index in [1.807, 2.05) is 18.2 Å². The van der Waals surface area contributed by atoms with E-state index < -0.39 is 5.97 Å². The number of rotatable bonds is 5. The van der Waals surface area contributed by atoms with Crippen molar-refractivity contribution in [1.29, 1.82) is 0 Å². The maximum Gasteiger partial charge on any atom is 0.358 e. The van der Waals surface area contributed by atoms with Gasteiger partial charge in [0.05, 0.1) is 6.20 Å². The molecule has 9 heteroatoms. The average molecular weight is 415 g/mol. The van der Waals surface area contributed by atoms with Crippen molar-refractivity contribution in [3.05, 3.63) is 59.9 Å². The molecular formula is C22H21N7O2. The van der Waals surface area contributed by atoms with Gasteiger partial charge in [0, 0.05) is 11.1 Å². The number of benzene rings is 2. The molecule has 31 heavy (non-hydrogen) atoms. The maximum absolute atomic E-state index is 11.5. The molecule has 1 saturated heterocycles. The molecule has 4 aromatic rings. The van der Waals surface area contributed by atoms with Crippen LogP contribution in [0.3, 0.4) is 0 Å². The minimum atomic E-state index is -1.10. The van der Waals surface area contributed by atoms with Crippen LogP contribution in [0.15, 0.2) is 48.7 Å². The minimum Gasteiger partial charge on any atom is -0.476 e. The molecule has 9 nitrogen and oxygen atoms in total. The van der Waals surface area contributed by atoms with E-state index in [2.05, 4.69) is 60.4 Å². The van der Waals surface area contributed by atoms with Crippen LogP contribution >= 0.6 is 0 Å². The Morgan fingerprint density at radius 1 is 0.903 bits per heavy atom. The SMILES string of the molecule is O=C(O)c1n[nH]nc1-c1ccc(-c2ccc(-c3cn[nH]n3)cc2)c(C2CCNCC2)c1. The molecule has 0 unspecified atom stereocenters. The number of aromatic amines is 2. The fourth-order valence-electron chi connectivity index (χ4n) is 4.19. The van der Waals surface area contributed by atoms with Gasteiger partial charge in [0.1, 0.15) is 11.4 Å². The number of nitrogens with one attached hydrogen (secondary N) is 3. The van der Waals surface area contributed by atoms with Crippen molar-refractivity contribution >= 4 is 5.97 Å². The number of carboxylic acid groups (broad SMARTS) is 1. The number of hydrogen-bond donors (Lipinski definition) is 4. The molecule has 0 aliphatic carbocycles. The second-order valence-electron chi connectivity index (χ2n) is 7.58. The van der Waals surface area contributed by atoms with Crippen LogP contribution in [0.4, 0.5) is 0 Å². The van der Waals surface area contributed by atoms with Gasteiger partial charge in [0.15, 0.2) is 5.69 Å². The van der Waals surface area contributed by atoms with E-state index in [0.717, 1.165) is 53.9 Å². The summed E-state index contributed by atoms with van der Waals surface area (Å²) in [6, 6.07) is 14.3. The zero-order chi connectivity index (χ0) is 21.2. The molecular weight excluding hydrogens is 394 g/mol. The van der Waals surface area contributed by atoms with Crippen molar-refractivity contribution in [2.45, 2.75) is 18.8 Å². The van der Waals surface area contributed by atoms with E-state index in [4.69, 9.17) is 0 Å². The molecule has 2 aromatic heterocycles. The lowest BCUT2D eigenvalue weighted by atomic mass is 9.83. The van der Waals surface area contributed by atoms with Crippen molar-refractivity contribution in [1.82, 2.24) is 36.1 Å². The highest BCUT2D eigenvalue weighted by atomic mass is 16.4. The number of nitrogens with zero attached hydrogens (tertiary/aromatic N) is 4. The Morgan fingerprint density at radius 2 is 1.65 bits per heavy atom. The van der Waals surface area contributed by atoms with Gasteiger partial charge in [-0.25, -0.2) is 4.79 Å². The van der Waals surface area contributed by atoms with Crippen LogP contribution in [0.1, 0.15) is 34.8 Å². The van der Waals surface area contributed by atoms with Gasteiger partial charge in [-0.1, -0.05) is 36.4 Å². The predicted molar refractivity (Wildman–Crippen MR) is 114 cm³/mol. The van der Waals surface area contributed by atoms with E-state index in [-0.39, 0.29) is 5.69 Å². The molecule has 1 aliphatic heterocycles. The number of aromatic carboxylic acids is 1. The number of carboxylic acids is 1. The number of aromatic nitrogens is 6. The third-order valence-electron chi connectivity index (χ3n) is 5.76. The van der Waals surface area contributed by atoms with Gasteiger partial charge in [-0.15, -0.1) is 5.10 Å². The first-order valence-electron chi connectivity index (χ1n) is 10.2. The summed E-state index contributed by atoms with van der Waals surface area (Å²) in [4.78, 5) is 11.5. The number of piperidine rings is 1. The van der Waals surface area contributed by atoms with E-state index in [0.29, 0.717) is 11.6 Å². The Bertz CT molecular complexity index is 1190. The van der Waals surface area contributed by atoms with Crippen LogP contribution in [-0.2, 0) is 0 Å². The van der Waals surface area contributed by atoms with Crippen LogP contribution in [0.25, 0.3) is 33.6 Å². The highest BCUT2D eigenvalue weighted by Crippen LogP contribution is 2.37. The van der Waals surface area contributed by atoms with E-state index in [1.54, 1.807) is 6.20 Å². The zero-order valence-electron chi connectivity index (χ0n) is 16.7. The van der Waals surface area contributed by atoms with Crippen LogP contribution < -0.4 is 5.32 Å². The summed E-state index contributed by atoms with van der Waals surface area (Å²) >= 11 is 0. The van der Waals surface area contributed by atoms with Gasteiger partial charge < -0.3 is 10.4 Å². The van der Waals surface area contributed by atoms with Crippen molar-refractivity contribution in [2.75, 3.05) is 13.1 Å². The Labute approximate surface area is 177 Å². The smallest absolute Gasteiger partial charge is 0.358 e. The Morgan fingerprint density at radius 3 is 2.35 bits per heavy atom. The molecule has 0 bridgehead atoms. The summed E-state index contributed by atoms with van der Waals surface area (Å²) in [7, 11) is 0. The highest BCUT2D eigenvalue weighted by molar-refractivity contribution is 5.92. The summed E-state index contributed by atoms with van der Waals surface area (Å²) in [5.74, 6) is -0.716. The molecule has 0 radical (unpaired) electrons. The van der Waals surface area contributed by atoms with Crippen LogP contribution in [-0.4, -0.2) is 55.0 Å². The molecule has 0 spiro atoms. The van der Waals surface area contributed by atoms with Crippen molar-refractivity contribution in [3.8, 4) is 33.6 Å². The monoisotopic (exact) mass is 415 g/mol. The summed E-state index contributed by atoms with van der Waals surface area (Å²) in [5.41, 5.74) is 6.28. The largest absolute Gasteiger partial charge is 0.476 e. The third-order valence-corrected chi connectivity index (χ3v) is 5.76. The molecule has 0 amide bonds. The Balaban J connectivity index is 1.58. The molecule has 5 rings (SSSR count). The normalized spacial score (nSPS) is 14.6. The minimum absolute atomic E-state index is 0.0685. The Hall–Kier alpha value is -3.85. The van der Waals surface area contributed by atoms with Crippen LogP contribution in [0.5, 0.6) is 0 Å². The zero-order valence-corrected chi connectivity index (χ0v) is 16.7. The fourth-order valence-corrected chi connectivity index (χ4v) is 4.19. The highest BCUT2D eigenvalue weighted by Gasteiger charge is 2.22. The van der Waals surface area contributed by atoms with Gasteiger partial charge >= 0.3 is 5.97 Å². The van der Waals surface area contributed by atoms with Gasteiger partial charge in [0.2, 0.25) is 0 Å². The molecule has 156 valence electrons. The molecule has 0 atom stereocenters. The van der Waals surface area contributed by atoms with Gasteiger partial charge in [-0.05, 0) is 54.6 Å². The van der Waals surface area contributed by atoms with Crippen molar-refractivity contribution < 1.29 is 9.90 Å². The molecule has 0 saturated carbocycles. The summed E-state index contributed by atoms with van der Waals surface area (Å²) < 4.78 is 0. The molecule has 1 aliphatic rings. The number of carbonyl (C=O) groups is 1. The van der Waals surface area contributed by atoms with Gasteiger partial charge in [0.25, 0.3) is 0 Å². The summed E-state index contributed by atoms with van der Waals surface area (Å²) in [6.07, 6.45) is 3.75. The second-order valence-corrected chi connectivity index (χ2v) is 7.58. The molecule has 1 fully saturated rings. The number of hydrogen-bond acceptors (Lipinski definition) is 6. The fraction of sp³-hybridized carbons (Fsp3) is 0.227. The maximum atomic E-state index is 11.5. The number of H-pyrrole nitrogens is 2. The van der Waals surface area contributed by atoms with Gasteiger partial charge in [-0.3, -0.25) is 0 Å². The van der Waals surface area contributed by atoms with E-state index in [1.165, 1.54) is 5.56 Å². The second kappa shape index (κ2) is 8.11. The lowest BCUT2D eigenvalue weighted by molar-refractivity contribution is 0.0691. The predicted octanol–water partition coefficient (Wildman–Crippen LogP) is 3.09. The molecule has 4 N–H and O–H groups in total. The van der Waals surface area contributed by atoms with Crippen LogP contribution in [0, 0.1) is 0 Å². The third kappa shape index (κ3) is 3.71. The quantitative estimate of drug-likeness (QED) is 0.394. The standard InChI is InChI=1S/C22H21N7O2/c30-22(31)21-20(26-29-27-21)16-5-6-17(18(11-16)14-7-9-23-10-8-14)13-1-3-15(4-2-13)19-12-24-28-25-19/h1-6,11-12,14,23H,7-10H2,(H,30,31)(H,24,25,28)(H,26,27,29). The van der Waals surface area contributed by atoms with E-state index in [9.17, 15) is 9.90 Å². The lowest BCUT2D eigenvalue weighted by Gasteiger charge is -2.26. The van der Waals surface area contributed by atoms with Crippen molar-refractivity contribution in [2.24, 2.45) is 0 Å². The van der Waals surface area contributed by atoms with E-state index >= 15 is 0 Å².